The Bertz CT molecular complexity index is 1380. The Kier molecular flexibility index (Phi) is 5.21. The molecular formula is C22H20N2O4S2. The topological polar surface area (TPSA) is 85.4 Å². The molecule has 1 heterocycles. The molecule has 0 aliphatic carbocycles. The molecule has 0 saturated carbocycles. The minimum Gasteiger partial charge on any atom is -0.497 e. The van der Waals surface area contributed by atoms with Gasteiger partial charge in [-0.3, -0.25) is 4.79 Å². The number of amides is 1. The summed E-state index contributed by atoms with van der Waals surface area (Å²) in [6.07, 6.45) is 1.17. The Labute approximate surface area is 178 Å². The van der Waals surface area contributed by atoms with E-state index in [1.54, 1.807) is 19.2 Å². The van der Waals surface area contributed by atoms with E-state index >= 15 is 0 Å². The first-order valence-electron chi connectivity index (χ1n) is 9.24. The molecule has 1 N–H and O–H groups in total. The van der Waals surface area contributed by atoms with Gasteiger partial charge in [-0.1, -0.05) is 35.6 Å². The van der Waals surface area contributed by atoms with Crippen molar-refractivity contribution in [1.82, 2.24) is 4.98 Å². The molecule has 4 rings (SSSR count). The van der Waals surface area contributed by atoms with Crippen LogP contribution in [0.3, 0.4) is 0 Å². The molecule has 0 bridgehead atoms. The van der Waals surface area contributed by atoms with E-state index in [1.807, 2.05) is 43.3 Å². The number of ether oxygens (including phenoxy) is 1. The van der Waals surface area contributed by atoms with Gasteiger partial charge in [0.25, 0.3) is 0 Å². The van der Waals surface area contributed by atoms with Crippen LogP contribution in [0.25, 0.3) is 21.0 Å². The summed E-state index contributed by atoms with van der Waals surface area (Å²) in [5.74, 6) is 0.233. The number of rotatable bonds is 5. The average Bonchev–Trinajstić information content (AvgIpc) is 3.13. The quantitative estimate of drug-likeness (QED) is 0.490. The Morgan fingerprint density at radius 3 is 2.53 bits per heavy atom. The molecule has 0 aliphatic heterocycles. The SMILES string of the molecule is COc1ccc2cc(C(C)C(=O)Nc3nc4ccc(S(C)(=O)=O)cc4s3)ccc2c1. The van der Waals surface area contributed by atoms with Crippen LogP contribution in [-0.2, 0) is 14.6 Å². The van der Waals surface area contributed by atoms with Crippen LogP contribution in [0.5, 0.6) is 5.75 Å². The van der Waals surface area contributed by atoms with Crippen molar-refractivity contribution in [2.24, 2.45) is 0 Å². The zero-order valence-electron chi connectivity index (χ0n) is 16.7. The van der Waals surface area contributed by atoms with E-state index in [9.17, 15) is 13.2 Å². The number of carbonyl (C=O) groups excluding carboxylic acids is 1. The summed E-state index contributed by atoms with van der Waals surface area (Å²) >= 11 is 1.25. The second kappa shape index (κ2) is 7.70. The molecule has 1 atom stereocenters. The van der Waals surface area contributed by atoms with Gasteiger partial charge in [0.1, 0.15) is 5.75 Å². The molecule has 3 aromatic carbocycles. The van der Waals surface area contributed by atoms with Crippen molar-refractivity contribution in [1.29, 1.82) is 0 Å². The molecule has 1 aromatic heterocycles. The van der Waals surface area contributed by atoms with Crippen LogP contribution >= 0.6 is 11.3 Å². The van der Waals surface area contributed by atoms with Crippen LogP contribution in [-0.4, -0.2) is 32.7 Å². The number of sulfone groups is 1. The summed E-state index contributed by atoms with van der Waals surface area (Å²) in [6.45, 7) is 1.84. The normalized spacial score (nSPS) is 12.8. The van der Waals surface area contributed by atoms with Crippen molar-refractivity contribution in [2.45, 2.75) is 17.7 Å². The predicted molar refractivity (Wildman–Crippen MR) is 120 cm³/mol. The highest BCUT2D eigenvalue weighted by atomic mass is 32.2. The van der Waals surface area contributed by atoms with E-state index in [-0.39, 0.29) is 16.7 Å². The first-order valence-corrected chi connectivity index (χ1v) is 11.9. The van der Waals surface area contributed by atoms with Crippen LogP contribution in [0.4, 0.5) is 5.13 Å². The van der Waals surface area contributed by atoms with Gasteiger partial charge >= 0.3 is 0 Å². The Morgan fingerprint density at radius 1 is 1.07 bits per heavy atom. The van der Waals surface area contributed by atoms with Crippen LogP contribution in [0.2, 0.25) is 0 Å². The number of benzene rings is 3. The Hall–Kier alpha value is -2.97. The Balaban J connectivity index is 1.56. The first-order chi connectivity index (χ1) is 14.2. The van der Waals surface area contributed by atoms with Crippen molar-refractivity contribution in [3.05, 3.63) is 60.2 Å². The second-order valence-electron chi connectivity index (χ2n) is 7.10. The van der Waals surface area contributed by atoms with Crippen molar-refractivity contribution < 1.29 is 17.9 Å². The number of anilines is 1. The van der Waals surface area contributed by atoms with E-state index in [4.69, 9.17) is 4.74 Å². The van der Waals surface area contributed by atoms with E-state index in [0.717, 1.165) is 22.1 Å². The number of hydrogen-bond acceptors (Lipinski definition) is 6. The smallest absolute Gasteiger partial charge is 0.233 e. The van der Waals surface area contributed by atoms with Gasteiger partial charge in [-0.2, -0.15) is 0 Å². The standard InChI is InChI=1S/C22H20N2O4S2/c1-13(14-4-5-16-11-17(28-2)7-6-15(16)10-14)21(25)24-22-23-19-9-8-18(30(3,26)27)12-20(19)29-22/h4-13H,1-3H3,(H,23,24,25). The van der Waals surface area contributed by atoms with E-state index < -0.39 is 9.84 Å². The van der Waals surface area contributed by atoms with E-state index in [1.165, 1.54) is 23.7 Å². The van der Waals surface area contributed by atoms with Crippen molar-refractivity contribution >= 4 is 53.2 Å². The lowest BCUT2D eigenvalue weighted by molar-refractivity contribution is -0.117. The third kappa shape index (κ3) is 4.01. The lowest BCUT2D eigenvalue weighted by atomic mass is 9.97. The van der Waals surface area contributed by atoms with E-state index in [2.05, 4.69) is 10.3 Å². The zero-order valence-corrected chi connectivity index (χ0v) is 18.3. The van der Waals surface area contributed by atoms with Crippen LogP contribution < -0.4 is 10.1 Å². The molecule has 1 unspecified atom stereocenters. The summed E-state index contributed by atoms with van der Waals surface area (Å²) < 4.78 is 29.4. The maximum atomic E-state index is 12.8. The molecule has 0 spiro atoms. The fourth-order valence-corrected chi connectivity index (χ4v) is 4.82. The lowest BCUT2D eigenvalue weighted by Gasteiger charge is -2.12. The van der Waals surface area contributed by atoms with Gasteiger partial charge in [0.2, 0.25) is 5.91 Å². The summed E-state index contributed by atoms with van der Waals surface area (Å²) in [4.78, 5) is 17.4. The number of carbonyl (C=O) groups is 1. The molecule has 4 aromatic rings. The highest BCUT2D eigenvalue weighted by Crippen LogP contribution is 2.30. The van der Waals surface area contributed by atoms with Crippen LogP contribution in [0.1, 0.15) is 18.4 Å². The largest absolute Gasteiger partial charge is 0.497 e. The fourth-order valence-electron chi connectivity index (χ4n) is 3.19. The second-order valence-corrected chi connectivity index (χ2v) is 10.2. The summed E-state index contributed by atoms with van der Waals surface area (Å²) in [5, 5.41) is 5.37. The number of fused-ring (bicyclic) bond motifs is 2. The third-order valence-corrected chi connectivity index (χ3v) is 7.03. The minimum atomic E-state index is -3.30. The van der Waals surface area contributed by atoms with Gasteiger partial charge in [0, 0.05) is 6.26 Å². The Morgan fingerprint density at radius 2 is 1.80 bits per heavy atom. The highest BCUT2D eigenvalue weighted by molar-refractivity contribution is 7.90. The van der Waals surface area contributed by atoms with E-state index in [0.29, 0.717) is 15.3 Å². The van der Waals surface area contributed by atoms with Crippen LogP contribution in [0.15, 0.2) is 59.5 Å². The molecule has 30 heavy (non-hydrogen) atoms. The molecule has 0 aliphatic rings. The summed E-state index contributed by atoms with van der Waals surface area (Å²) in [7, 11) is -1.67. The number of methoxy groups -OCH3 is 1. The molecule has 8 heteroatoms. The molecule has 0 radical (unpaired) electrons. The van der Waals surface area contributed by atoms with Crippen LogP contribution in [0, 0.1) is 0 Å². The highest BCUT2D eigenvalue weighted by Gasteiger charge is 2.18. The molecule has 1 amide bonds. The number of hydrogen-bond donors (Lipinski definition) is 1. The molecular weight excluding hydrogens is 420 g/mol. The van der Waals surface area contributed by atoms with Gasteiger partial charge in [-0.25, -0.2) is 13.4 Å². The summed E-state index contributed by atoms with van der Waals surface area (Å²) in [6, 6.07) is 16.5. The van der Waals surface area contributed by atoms with Crippen molar-refractivity contribution in [2.75, 3.05) is 18.7 Å². The van der Waals surface area contributed by atoms with Gasteiger partial charge in [0.05, 0.1) is 28.1 Å². The number of nitrogens with zero attached hydrogens (tertiary/aromatic N) is 1. The molecule has 6 nitrogen and oxygen atoms in total. The van der Waals surface area contributed by atoms with Gasteiger partial charge in [-0.15, -0.1) is 0 Å². The maximum Gasteiger partial charge on any atom is 0.233 e. The monoisotopic (exact) mass is 440 g/mol. The predicted octanol–water partition coefficient (Wildman–Crippen LogP) is 4.60. The lowest BCUT2D eigenvalue weighted by Crippen LogP contribution is -2.18. The first kappa shape index (κ1) is 20.3. The summed E-state index contributed by atoms with van der Waals surface area (Å²) in [5.41, 5.74) is 1.54. The fraction of sp³-hybridized carbons (Fsp3) is 0.182. The number of aromatic nitrogens is 1. The zero-order chi connectivity index (χ0) is 21.5. The maximum absolute atomic E-state index is 12.8. The molecule has 0 fully saturated rings. The number of nitrogens with one attached hydrogen (secondary N) is 1. The molecule has 0 saturated heterocycles. The minimum absolute atomic E-state index is 0.176. The average molecular weight is 441 g/mol. The van der Waals surface area contributed by atoms with Gasteiger partial charge in [-0.05, 0) is 53.6 Å². The number of thiazole rings is 1. The van der Waals surface area contributed by atoms with Crippen molar-refractivity contribution in [3.63, 3.8) is 0 Å². The third-order valence-electron chi connectivity index (χ3n) is 4.98. The van der Waals surface area contributed by atoms with Gasteiger partial charge in [0.15, 0.2) is 15.0 Å². The molecule has 154 valence electrons. The van der Waals surface area contributed by atoms with Gasteiger partial charge < -0.3 is 10.1 Å². The van der Waals surface area contributed by atoms with Crippen molar-refractivity contribution in [3.8, 4) is 5.75 Å².